The van der Waals surface area contributed by atoms with Gasteiger partial charge in [0.15, 0.2) is 0 Å². The number of aryl methyl sites for hydroxylation is 1. The maximum Gasteiger partial charge on any atom is 0.297 e. The molecule has 1 aliphatic rings. The van der Waals surface area contributed by atoms with E-state index < -0.39 is 10.1 Å². The minimum absolute atomic E-state index is 0.217. The van der Waals surface area contributed by atoms with Gasteiger partial charge in [-0.2, -0.15) is 8.42 Å². The highest BCUT2D eigenvalue weighted by atomic mass is 32.2. The van der Waals surface area contributed by atoms with Crippen LogP contribution in [0, 0.1) is 6.92 Å². The molecule has 0 aliphatic heterocycles. The first kappa shape index (κ1) is 20.9. The average molecular weight is 403 g/mol. The topological polar surface area (TPSA) is 52.6 Å². The van der Waals surface area contributed by atoms with Crippen LogP contribution in [0.25, 0.3) is 0 Å². The van der Waals surface area contributed by atoms with Gasteiger partial charge < -0.3 is 4.74 Å². The second kappa shape index (κ2) is 9.10. The van der Waals surface area contributed by atoms with Crippen molar-refractivity contribution >= 4 is 10.1 Å². The summed E-state index contributed by atoms with van der Waals surface area (Å²) in [5.74, 6) is 1.35. The summed E-state index contributed by atoms with van der Waals surface area (Å²) >= 11 is 0. The SMILES string of the molecule is CCC(C)Oc1ccc(C2CCC(OS(=O)(=O)c3ccc(C)cc3)CC2)cc1. The highest BCUT2D eigenvalue weighted by Crippen LogP contribution is 2.35. The van der Waals surface area contributed by atoms with Crippen molar-refractivity contribution in [2.45, 2.75) is 75.9 Å². The van der Waals surface area contributed by atoms with Crippen LogP contribution in [-0.4, -0.2) is 20.6 Å². The molecule has 152 valence electrons. The molecular weight excluding hydrogens is 372 g/mol. The fourth-order valence-corrected chi connectivity index (χ4v) is 4.70. The van der Waals surface area contributed by atoms with E-state index in [1.54, 1.807) is 24.3 Å². The van der Waals surface area contributed by atoms with E-state index in [1.807, 2.05) is 19.1 Å². The summed E-state index contributed by atoms with van der Waals surface area (Å²) in [6.45, 7) is 6.11. The van der Waals surface area contributed by atoms with E-state index >= 15 is 0 Å². The fourth-order valence-electron chi connectivity index (χ4n) is 3.57. The molecule has 28 heavy (non-hydrogen) atoms. The van der Waals surface area contributed by atoms with Crippen LogP contribution < -0.4 is 4.74 Å². The molecule has 1 saturated carbocycles. The van der Waals surface area contributed by atoms with Crippen molar-refractivity contribution in [2.75, 3.05) is 0 Å². The summed E-state index contributed by atoms with van der Waals surface area (Å²) in [7, 11) is -3.70. The fraction of sp³-hybridized carbons (Fsp3) is 0.478. The summed E-state index contributed by atoms with van der Waals surface area (Å²) in [6, 6.07) is 15.1. The largest absolute Gasteiger partial charge is 0.491 e. The molecule has 0 spiro atoms. The lowest BCUT2D eigenvalue weighted by Crippen LogP contribution is -2.24. The molecule has 0 bridgehead atoms. The summed E-state index contributed by atoms with van der Waals surface area (Å²) in [5.41, 5.74) is 2.32. The quantitative estimate of drug-likeness (QED) is 0.565. The van der Waals surface area contributed by atoms with Gasteiger partial charge in [0.05, 0.1) is 17.1 Å². The Balaban J connectivity index is 1.55. The number of ether oxygens (including phenoxy) is 1. The second-order valence-corrected chi connectivity index (χ2v) is 9.31. The van der Waals surface area contributed by atoms with Gasteiger partial charge in [0.25, 0.3) is 10.1 Å². The average Bonchev–Trinajstić information content (AvgIpc) is 2.69. The molecule has 0 N–H and O–H groups in total. The van der Waals surface area contributed by atoms with Gasteiger partial charge in [-0.05, 0) is 81.7 Å². The zero-order valence-corrected chi connectivity index (χ0v) is 17.7. The molecule has 0 radical (unpaired) electrons. The van der Waals surface area contributed by atoms with Gasteiger partial charge in [-0.25, -0.2) is 0 Å². The first-order valence-corrected chi connectivity index (χ1v) is 11.5. The predicted octanol–water partition coefficient (Wildman–Crippen LogP) is 5.60. The third-order valence-electron chi connectivity index (χ3n) is 5.51. The minimum atomic E-state index is -3.70. The van der Waals surface area contributed by atoms with Crippen molar-refractivity contribution < 1.29 is 17.3 Å². The van der Waals surface area contributed by atoms with E-state index in [9.17, 15) is 8.42 Å². The van der Waals surface area contributed by atoms with E-state index in [2.05, 4.69) is 26.0 Å². The lowest BCUT2D eigenvalue weighted by Gasteiger charge is -2.28. The Kier molecular flexibility index (Phi) is 6.78. The van der Waals surface area contributed by atoms with Crippen molar-refractivity contribution in [3.63, 3.8) is 0 Å². The normalized spacial score (nSPS) is 21.2. The van der Waals surface area contributed by atoms with Crippen LogP contribution in [0.4, 0.5) is 0 Å². The molecular formula is C23H30O4S. The first-order valence-electron chi connectivity index (χ1n) is 10.1. The monoisotopic (exact) mass is 402 g/mol. The van der Waals surface area contributed by atoms with Crippen molar-refractivity contribution in [1.29, 1.82) is 0 Å². The van der Waals surface area contributed by atoms with Crippen LogP contribution in [0.5, 0.6) is 5.75 Å². The van der Waals surface area contributed by atoms with Gasteiger partial charge in [0.1, 0.15) is 5.75 Å². The Morgan fingerprint density at radius 1 is 0.964 bits per heavy atom. The molecule has 0 heterocycles. The summed E-state index contributed by atoms with van der Waals surface area (Å²) in [6.07, 6.45) is 4.32. The Labute approximate surface area is 169 Å². The third-order valence-corrected chi connectivity index (χ3v) is 6.89. The summed E-state index contributed by atoms with van der Waals surface area (Å²) in [5, 5.41) is 0. The molecule has 0 amide bonds. The van der Waals surface area contributed by atoms with Crippen LogP contribution in [0.2, 0.25) is 0 Å². The molecule has 2 aromatic rings. The number of hydrogen-bond acceptors (Lipinski definition) is 4. The Bertz CT molecular complexity index is 848. The molecule has 0 aromatic heterocycles. The first-order chi connectivity index (χ1) is 13.4. The molecule has 2 aromatic carbocycles. The van der Waals surface area contributed by atoms with Gasteiger partial charge >= 0.3 is 0 Å². The van der Waals surface area contributed by atoms with Crippen molar-refractivity contribution in [3.05, 3.63) is 59.7 Å². The smallest absolute Gasteiger partial charge is 0.297 e. The van der Waals surface area contributed by atoms with E-state index in [1.165, 1.54) is 5.56 Å². The Morgan fingerprint density at radius 2 is 1.57 bits per heavy atom. The summed E-state index contributed by atoms with van der Waals surface area (Å²) in [4.78, 5) is 0.233. The molecule has 1 fully saturated rings. The van der Waals surface area contributed by atoms with Crippen LogP contribution in [0.1, 0.15) is 63.0 Å². The maximum absolute atomic E-state index is 12.5. The van der Waals surface area contributed by atoms with Gasteiger partial charge in [0.2, 0.25) is 0 Å². The molecule has 1 aliphatic carbocycles. The number of rotatable bonds is 7. The van der Waals surface area contributed by atoms with E-state index in [0.29, 0.717) is 5.92 Å². The lowest BCUT2D eigenvalue weighted by molar-refractivity contribution is 0.153. The molecule has 1 atom stereocenters. The van der Waals surface area contributed by atoms with E-state index in [0.717, 1.165) is 43.4 Å². The van der Waals surface area contributed by atoms with Gasteiger partial charge in [-0.15, -0.1) is 0 Å². The lowest BCUT2D eigenvalue weighted by atomic mass is 9.83. The van der Waals surface area contributed by atoms with Crippen LogP contribution in [0.3, 0.4) is 0 Å². The molecule has 5 heteroatoms. The Hall–Kier alpha value is -1.85. The van der Waals surface area contributed by atoms with Crippen LogP contribution >= 0.6 is 0 Å². The number of benzene rings is 2. The number of hydrogen-bond donors (Lipinski definition) is 0. The standard InChI is InChI=1S/C23H30O4S/c1-4-18(3)26-21-11-7-19(8-12-21)20-9-13-22(14-10-20)27-28(24,25)23-15-5-17(2)6-16-23/h5-8,11-12,15-16,18,20,22H,4,9-10,13-14H2,1-3H3. The predicted molar refractivity (Wildman–Crippen MR) is 111 cm³/mol. The van der Waals surface area contributed by atoms with Crippen LogP contribution in [-0.2, 0) is 14.3 Å². The van der Waals surface area contributed by atoms with Gasteiger partial charge in [-0.1, -0.05) is 36.8 Å². The Morgan fingerprint density at radius 3 is 2.14 bits per heavy atom. The van der Waals surface area contributed by atoms with E-state index in [-0.39, 0.29) is 17.1 Å². The molecule has 3 rings (SSSR count). The van der Waals surface area contributed by atoms with Crippen molar-refractivity contribution in [3.8, 4) is 5.75 Å². The highest BCUT2D eigenvalue weighted by Gasteiger charge is 2.27. The summed E-state index contributed by atoms with van der Waals surface area (Å²) < 4.78 is 36.3. The maximum atomic E-state index is 12.5. The zero-order valence-electron chi connectivity index (χ0n) is 16.9. The van der Waals surface area contributed by atoms with Crippen molar-refractivity contribution in [1.82, 2.24) is 0 Å². The minimum Gasteiger partial charge on any atom is -0.491 e. The van der Waals surface area contributed by atoms with Gasteiger partial charge in [0, 0.05) is 0 Å². The molecule has 4 nitrogen and oxygen atoms in total. The third kappa shape index (κ3) is 5.36. The van der Waals surface area contributed by atoms with Gasteiger partial charge in [-0.3, -0.25) is 4.18 Å². The molecule has 1 unspecified atom stereocenters. The van der Waals surface area contributed by atoms with Crippen LogP contribution in [0.15, 0.2) is 53.4 Å². The van der Waals surface area contributed by atoms with Crippen molar-refractivity contribution in [2.24, 2.45) is 0 Å². The molecule has 0 saturated heterocycles. The highest BCUT2D eigenvalue weighted by molar-refractivity contribution is 7.86. The second-order valence-electron chi connectivity index (χ2n) is 7.74. The zero-order chi connectivity index (χ0) is 20.1. The van der Waals surface area contributed by atoms with E-state index in [4.69, 9.17) is 8.92 Å².